The number of aliphatic hydroxyl groups is 1. The summed E-state index contributed by atoms with van der Waals surface area (Å²) >= 11 is 0. The molecule has 12 heteroatoms. The summed E-state index contributed by atoms with van der Waals surface area (Å²) in [5.74, 6) is -0.919. The smallest absolute Gasteiger partial charge is 0.451 e. The molecule has 1 atom stereocenters. The highest BCUT2D eigenvalue weighted by atomic mass is 19.4. The molecule has 9 nitrogen and oxygen atoms in total. The largest absolute Gasteiger partial charge is 0.465 e. The van der Waals surface area contributed by atoms with Gasteiger partial charge < -0.3 is 20.4 Å². The van der Waals surface area contributed by atoms with Gasteiger partial charge in [-0.2, -0.15) is 13.2 Å². The first-order chi connectivity index (χ1) is 14.5. The summed E-state index contributed by atoms with van der Waals surface area (Å²) in [5.41, 5.74) is -0.469. The SMILES string of the molecule is Cc1ncc(C(C)(O)CNc2ccnc(C(F)(F)F)n2)c(C2CCN(C(=O)O)CC2)n1. The topological polar surface area (TPSA) is 124 Å². The predicted octanol–water partition coefficient (Wildman–Crippen LogP) is 2.77. The molecule has 0 aliphatic carbocycles. The Kier molecular flexibility index (Phi) is 6.30. The lowest BCUT2D eigenvalue weighted by atomic mass is 9.85. The van der Waals surface area contributed by atoms with E-state index in [2.05, 4.69) is 25.3 Å². The Morgan fingerprint density at radius 2 is 1.94 bits per heavy atom. The van der Waals surface area contributed by atoms with Crippen LogP contribution in [0.4, 0.5) is 23.8 Å². The number of amides is 1. The number of nitrogens with zero attached hydrogens (tertiary/aromatic N) is 5. The van der Waals surface area contributed by atoms with Gasteiger partial charge in [0.15, 0.2) is 0 Å². The number of anilines is 1. The minimum atomic E-state index is -4.68. The molecule has 31 heavy (non-hydrogen) atoms. The van der Waals surface area contributed by atoms with Crippen LogP contribution in [-0.4, -0.2) is 60.8 Å². The van der Waals surface area contributed by atoms with Gasteiger partial charge in [0.2, 0.25) is 5.82 Å². The first-order valence-electron chi connectivity index (χ1n) is 9.66. The zero-order valence-corrected chi connectivity index (χ0v) is 17.0. The molecule has 1 unspecified atom stereocenters. The second-order valence-corrected chi connectivity index (χ2v) is 7.65. The van der Waals surface area contributed by atoms with E-state index in [1.165, 1.54) is 24.1 Å². The molecule has 168 valence electrons. The first kappa shape index (κ1) is 22.7. The fourth-order valence-electron chi connectivity index (χ4n) is 3.51. The van der Waals surface area contributed by atoms with Crippen molar-refractivity contribution >= 4 is 11.9 Å². The van der Waals surface area contributed by atoms with E-state index in [1.807, 2.05) is 0 Å². The Morgan fingerprint density at radius 3 is 2.55 bits per heavy atom. The molecule has 3 heterocycles. The van der Waals surface area contributed by atoms with Crippen molar-refractivity contribution in [1.29, 1.82) is 0 Å². The summed E-state index contributed by atoms with van der Waals surface area (Å²) in [6, 6.07) is 1.28. The third-order valence-electron chi connectivity index (χ3n) is 5.19. The van der Waals surface area contributed by atoms with Gasteiger partial charge in [0.05, 0.1) is 5.69 Å². The van der Waals surface area contributed by atoms with Crippen LogP contribution in [0.15, 0.2) is 18.5 Å². The molecule has 2 aromatic heterocycles. The van der Waals surface area contributed by atoms with Crippen molar-refractivity contribution in [3.05, 3.63) is 41.4 Å². The molecule has 0 bridgehead atoms. The molecule has 0 radical (unpaired) electrons. The summed E-state index contributed by atoms with van der Waals surface area (Å²) in [5, 5.41) is 23.0. The van der Waals surface area contributed by atoms with Gasteiger partial charge >= 0.3 is 12.3 Å². The van der Waals surface area contributed by atoms with Crippen molar-refractivity contribution in [3.8, 4) is 0 Å². The van der Waals surface area contributed by atoms with Gasteiger partial charge in [0, 0.05) is 43.5 Å². The summed E-state index contributed by atoms with van der Waals surface area (Å²) in [6.07, 6.45) is -2.08. The van der Waals surface area contributed by atoms with Crippen LogP contribution in [0.5, 0.6) is 0 Å². The minimum Gasteiger partial charge on any atom is -0.465 e. The second-order valence-electron chi connectivity index (χ2n) is 7.65. The van der Waals surface area contributed by atoms with Gasteiger partial charge in [-0.3, -0.25) is 0 Å². The standard InChI is InChI=1S/C19H23F3N6O3/c1-11-24-9-13(15(26-11)12-4-7-28(8-5-12)17(29)30)18(2,31)10-25-14-3-6-23-16(27-14)19(20,21)22/h3,6,9,12,31H,4-5,7-8,10H2,1-2H3,(H,29,30)(H,23,25,27). The summed E-state index contributed by atoms with van der Waals surface area (Å²) < 4.78 is 38.5. The lowest BCUT2D eigenvalue weighted by Crippen LogP contribution is -2.38. The van der Waals surface area contributed by atoms with Gasteiger partial charge in [-0.15, -0.1) is 0 Å². The lowest BCUT2D eigenvalue weighted by Gasteiger charge is -2.33. The third-order valence-corrected chi connectivity index (χ3v) is 5.19. The van der Waals surface area contributed by atoms with E-state index in [9.17, 15) is 23.1 Å². The highest BCUT2D eigenvalue weighted by molar-refractivity contribution is 5.65. The number of piperidine rings is 1. The van der Waals surface area contributed by atoms with E-state index in [0.29, 0.717) is 43.0 Å². The van der Waals surface area contributed by atoms with Crippen LogP contribution >= 0.6 is 0 Å². The van der Waals surface area contributed by atoms with Crippen LogP contribution in [0.1, 0.15) is 48.6 Å². The van der Waals surface area contributed by atoms with Crippen LogP contribution in [0, 0.1) is 6.92 Å². The monoisotopic (exact) mass is 440 g/mol. The molecule has 1 aliphatic heterocycles. The Hall–Kier alpha value is -3.02. The molecular weight excluding hydrogens is 417 g/mol. The molecule has 0 aromatic carbocycles. The number of hydrogen-bond acceptors (Lipinski definition) is 7. The quantitative estimate of drug-likeness (QED) is 0.648. The number of hydrogen-bond donors (Lipinski definition) is 3. The van der Waals surface area contributed by atoms with Crippen LogP contribution in [0.25, 0.3) is 0 Å². The Morgan fingerprint density at radius 1 is 1.26 bits per heavy atom. The van der Waals surface area contributed by atoms with Crippen molar-refractivity contribution in [2.45, 2.75) is 44.4 Å². The van der Waals surface area contributed by atoms with E-state index in [-0.39, 0.29) is 18.3 Å². The summed E-state index contributed by atoms with van der Waals surface area (Å²) in [7, 11) is 0. The molecular formula is C19H23F3N6O3. The fourth-order valence-corrected chi connectivity index (χ4v) is 3.51. The minimum absolute atomic E-state index is 0.0744. The van der Waals surface area contributed by atoms with Crippen LogP contribution in [-0.2, 0) is 11.8 Å². The van der Waals surface area contributed by atoms with Crippen molar-refractivity contribution in [2.75, 3.05) is 25.0 Å². The Bertz CT molecular complexity index is 946. The van der Waals surface area contributed by atoms with Gasteiger partial charge in [-0.05, 0) is 32.8 Å². The number of rotatable bonds is 5. The molecule has 3 N–H and O–H groups in total. The van der Waals surface area contributed by atoms with Crippen LogP contribution < -0.4 is 5.32 Å². The molecule has 1 amide bonds. The molecule has 0 spiro atoms. The molecule has 3 rings (SSSR count). The first-order valence-corrected chi connectivity index (χ1v) is 9.66. The van der Waals surface area contributed by atoms with Gasteiger partial charge in [-0.25, -0.2) is 24.7 Å². The highest BCUT2D eigenvalue weighted by Gasteiger charge is 2.35. The molecule has 2 aromatic rings. The number of alkyl halides is 3. The lowest BCUT2D eigenvalue weighted by molar-refractivity contribution is -0.144. The Labute approximate surface area is 176 Å². The fraction of sp³-hybridized carbons (Fsp3) is 0.526. The van der Waals surface area contributed by atoms with Crippen molar-refractivity contribution in [3.63, 3.8) is 0 Å². The zero-order valence-electron chi connectivity index (χ0n) is 17.0. The maximum absolute atomic E-state index is 12.8. The summed E-state index contributed by atoms with van der Waals surface area (Å²) in [6.45, 7) is 3.78. The number of carboxylic acid groups (broad SMARTS) is 1. The van der Waals surface area contributed by atoms with Gasteiger partial charge in [0.1, 0.15) is 17.2 Å². The number of aryl methyl sites for hydroxylation is 1. The zero-order chi connectivity index (χ0) is 22.8. The molecule has 1 aliphatic rings. The molecule has 0 saturated carbocycles. The maximum Gasteiger partial charge on any atom is 0.451 e. The molecule has 1 fully saturated rings. The average Bonchev–Trinajstić information content (AvgIpc) is 2.72. The van der Waals surface area contributed by atoms with Crippen molar-refractivity contribution < 1.29 is 28.2 Å². The van der Waals surface area contributed by atoms with Gasteiger partial charge in [-0.1, -0.05) is 0 Å². The number of aromatic nitrogens is 4. The van der Waals surface area contributed by atoms with E-state index < -0.39 is 23.7 Å². The summed E-state index contributed by atoms with van der Waals surface area (Å²) in [4.78, 5) is 27.8. The van der Waals surface area contributed by atoms with Gasteiger partial charge in [0.25, 0.3) is 0 Å². The predicted molar refractivity (Wildman–Crippen MR) is 103 cm³/mol. The van der Waals surface area contributed by atoms with E-state index in [0.717, 1.165) is 6.20 Å². The third kappa shape index (κ3) is 5.37. The van der Waals surface area contributed by atoms with E-state index >= 15 is 0 Å². The number of likely N-dealkylation sites (tertiary alicyclic amines) is 1. The second kappa shape index (κ2) is 8.61. The van der Waals surface area contributed by atoms with Crippen LogP contribution in [0.2, 0.25) is 0 Å². The molecule has 1 saturated heterocycles. The highest BCUT2D eigenvalue weighted by Crippen LogP contribution is 2.34. The van der Waals surface area contributed by atoms with Crippen molar-refractivity contribution in [1.82, 2.24) is 24.8 Å². The normalized spacial score (nSPS) is 17.3. The van der Waals surface area contributed by atoms with E-state index in [1.54, 1.807) is 6.92 Å². The number of halogens is 3. The van der Waals surface area contributed by atoms with E-state index in [4.69, 9.17) is 5.11 Å². The average molecular weight is 440 g/mol. The number of nitrogens with one attached hydrogen (secondary N) is 1. The maximum atomic E-state index is 12.8. The van der Waals surface area contributed by atoms with Crippen LogP contribution in [0.3, 0.4) is 0 Å². The van der Waals surface area contributed by atoms with Crippen molar-refractivity contribution in [2.24, 2.45) is 0 Å². The number of carbonyl (C=O) groups is 1. The Balaban J connectivity index is 1.79.